The van der Waals surface area contributed by atoms with Crippen LogP contribution in [0.5, 0.6) is 11.5 Å². The van der Waals surface area contributed by atoms with Crippen molar-refractivity contribution in [3.63, 3.8) is 0 Å². The van der Waals surface area contributed by atoms with E-state index in [4.69, 9.17) is 9.47 Å². The molecule has 4 rings (SSSR count). The lowest BCUT2D eigenvalue weighted by molar-refractivity contribution is 0.0930. The number of nitrogens with one attached hydrogen (secondary N) is 1. The molecular weight excluding hydrogens is 368 g/mol. The number of Topliss-reactive ketones (excluding diaryl/α,β-unsaturated/α-hetero) is 1. The van der Waals surface area contributed by atoms with Crippen molar-refractivity contribution in [1.29, 1.82) is 0 Å². The topological polar surface area (TPSA) is 77.5 Å². The lowest BCUT2D eigenvalue weighted by Crippen LogP contribution is -2.18. The fourth-order valence-electron chi connectivity index (χ4n) is 3.27. The molecule has 0 aliphatic carbocycles. The Bertz CT molecular complexity index is 1030. The Kier molecular flexibility index (Phi) is 5.24. The molecule has 0 unspecified atom stereocenters. The van der Waals surface area contributed by atoms with Crippen LogP contribution in [0.15, 0.2) is 67.0 Å². The van der Waals surface area contributed by atoms with Gasteiger partial charge in [0.05, 0.1) is 12.2 Å². The highest BCUT2D eigenvalue weighted by Gasteiger charge is 2.21. The second-order valence-corrected chi connectivity index (χ2v) is 6.66. The van der Waals surface area contributed by atoms with Crippen molar-refractivity contribution in [1.82, 2.24) is 10.3 Å². The number of carbonyl (C=O) groups is 2. The molecule has 1 atom stereocenters. The zero-order valence-electron chi connectivity index (χ0n) is 15.9. The quantitative estimate of drug-likeness (QED) is 0.723. The predicted molar refractivity (Wildman–Crippen MR) is 107 cm³/mol. The van der Waals surface area contributed by atoms with Gasteiger partial charge in [0.15, 0.2) is 5.78 Å². The number of fused-ring (bicyclic) bond motifs is 1. The van der Waals surface area contributed by atoms with E-state index in [1.807, 2.05) is 24.3 Å². The average molecular weight is 388 g/mol. The molecule has 1 aliphatic heterocycles. The molecule has 2 heterocycles. The number of nitrogens with zero attached hydrogens (tertiary/aromatic N) is 1. The maximum Gasteiger partial charge on any atom is 0.251 e. The first-order valence-electron chi connectivity index (χ1n) is 9.34. The molecule has 1 aliphatic rings. The third kappa shape index (κ3) is 3.96. The van der Waals surface area contributed by atoms with Gasteiger partial charge in [-0.15, -0.1) is 0 Å². The summed E-state index contributed by atoms with van der Waals surface area (Å²) in [5.41, 5.74) is 2.96. The van der Waals surface area contributed by atoms with E-state index in [1.165, 1.54) is 0 Å². The standard InChI is InChI=1S/C23H20N2O4/c1-24-23(27)17-4-2-15(3-5-17)22(16-8-11-25-12-9-16)29-18-6-7-19-20(26)10-13-28-21(19)14-18/h2-9,11-12,14,22H,10,13H2,1H3,(H,24,27)/t22-/m0/s1. The van der Waals surface area contributed by atoms with E-state index < -0.39 is 6.10 Å². The minimum Gasteiger partial charge on any atom is -0.492 e. The Morgan fingerprint density at radius 1 is 1.07 bits per heavy atom. The highest BCUT2D eigenvalue weighted by molar-refractivity contribution is 5.99. The van der Waals surface area contributed by atoms with Gasteiger partial charge in [-0.2, -0.15) is 0 Å². The molecule has 3 aromatic rings. The number of aromatic nitrogens is 1. The number of carbonyl (C=O) groups excluding carboxylic acids is 2. The summed E-state index contributed by atoms with van der Waals surface area (Å²) in [5.74, 6) is 1.07. The van der Waals surface area contributed by atoms with Crippen LogP contribution >= 0.6 is 0 Å². The number of amides is 1. The molecule has 0 spiro atoms. The van der Waals surface area contributed by atoms with Gasteiger partial charge in [0.25, 0.3) is 5.91 Å². The molecule has 0 saturated heterocycles. The maximum absolute atomic E-state index is 12.0. The Hall–Kier alpha value is -3.67. The van der Waals surface area contributed by atoms with E-state index in [0.717, 1.165) is 11.1 Å². The molecule has 2 aromatic carbocycles. The summed E-state index contributed by atoms with van der Waals surface area (Å²) in [6.45, 7) is 0.379. The normalized spacial score (nSPS) is 13.8. The van der Waals surface area contributed by atoms with Crippen LogP contribution in [-0.4, -0.2) is 30.3 Å². The van der Waals surface area contributed by atoms with E-state index in [1.54, 1.807) is 49.8 Å². The number of benzene rings is 2. The summed E-state index contributed by atoms with van der Waals surface area (Å²) in [4.78, 5) is 27.9. The summed E-state index contributed by atoms with van der Waals surface area (Å²) < 4.78 is 11.9. The molecular formula is C23H20N2O4. The van der Waals surface area contributed by atoms with Gasteiger partial charge in [-0.3, -0.25) is 14.6 Å². The van der Waals surface area contributed by atoms with Crippen LogP contribution in [0.25, 0.3) is 0 Å². The third-order valence-electron chi connectivity index (χ3n) is 4.81. The molecule has 29 heavy (non-hydrogen) atoms. The van der Waals surface area contributed by atoms with E-state index in [0.29, 0.717) is 35.7 Å². The van der Waals surface area contributed by atoms with Crippen LogP contribution in [0.4, 0.5) is 0 Å². The summed E-state index contributed by atoms with van der Waals surface area (Å²) in [5, 5.41) is 2.61. The van der Waals surface area contributed by atoms with Gasteiger partial charge in [-0.1, -0.05) is 12.1 Å². The molecule has 0 saturated carbocycles. The van der Waals surface area contributed by atoms with Crippen LogP contribution in [0, 0.1) is 0 Å². The zero-order valence-corrected chi connectivity index (χ0v) is 15.9. The number of hydrogen-bond acceptors (Lipinski definition) is 5. The van der Waals surface area contributed by atoms with Crippen LogP contribution in [0.1, 0.15) is 44.4 Å². The van der Waals surface area contributed by atoms with Gasteiger partial charge >= 0.3 is 0 Å². The minimum atomic E-state index is -0.408. The molecule has 1 aromatic heterocycles. The molecule has 6 nitrogen and oxygen atoms in total. The van der Waals surface area contributed by atoms with Crippen LogP contribution in [0.3, 0.4) is 0 Å². The SMILES string of the molecule is CNC(=O)c1ccc([C@H](Oc2ccc3c(c2)OCCC3=O)c2ccncc2)cc1. The first-order valence-corrected chi connectivity index (χ1v) is 9.34. The van der Waals surface area contributed by atoms with Crippen molar-refractivity contribution >= 4 is 11.7 Å². The minimum absolute atomic E-state index is 0.0771. The Morgan fingerprint density at radius 2 is 1.79 bits per heavy atom. The second kappa shape index (κ2) is 8.14. The number of hydrogen-bond donors (Lipinski definition) is 1. The van der Waals surface area contributed by atoms with Crippen molar-refractivity contribution in [3.05, 3.63) is 89.2 Å². The van der Waals surface area contributed by atoms with Gasteiger partial charge in [-0.05, 0) is 47.5 Å². The Balaban J connectivity index is 1.67. The van der Waals surface area contributed by atoms with E-state index >= 15 is 0 Å². The fraction of sp³-hybridized carbons (Fsp3) is 0.174. The smallest absolute Gasteiger partial charge is 0.251 e. The zero-order chi connectivity index (χ0) is 20.2. The van der Waals surface area contributed by atoms with E-state index in [9.17, 15) is 9.59 Å². The molecule has 0 radical (unpaired) electrons. The Morgan fingerprint density at radius 3 is 2.52 bits per heavy atom. The van der Waals surface area contributed by atoms with Gasteiger partial charge in [0, 0.05) is 37.5 Å². The van der Waals surface area contributed by atoms with Gasteiger partial charge in [0.1, 0.15) is 17.6 Å². The summed E-state index contributed by atoms with van der Waals surface area (Å²) in [6, 6.07) is 16.3. The first kappa shape index (κ1) is 18.7. The highest BCUT2D eigenvalue weighted by atomic mass is 16.5. The van der Waals surface area contributed by atoms with Gasteiger partial charge in [-0.25, -0.2) is 0 Å². The van der Waals surface area contributed by atoms with E-state index in [2.05, 4.69) is 10.3 Å². The Labute approximate surface area is 168 Å². The number of rotatable bonds is 5. The number of pyridine rings is 1. The van der Waals surface area contributed by atoms with Crippen molar-refractivity contribution in [2.75, 3.05) is 13.7 Å². The van der Waals surface area contributed by atoms with Crippen LogP contribution < -0.4 is 14.8 Å². The fourth-order valence-corrected chi connectivity index (χ4v) is 3.27. The highest BCUT2D eigenvalue weighted by Crippen LogP contribution is 2.33. The third-order valence-corrected chi connectivity index (χ3v) is 4.81. The van der Waals surface area contributed by atoms with Gasteiger partial charge < -0.3 is 14.8 Å². The lowest BCUT2D eigenvalue weighted by Gasteiger charge is -2.22. The monoisotopic (exact) mass is 388 g/mol. The number of ether oxygens (including phenoxy) is 2. The molecule has 0 fully saturated rings. The van der Waals surface area contributed by atoms with Gasteiger partial charge in [0.2, 0.25) is 0 Å². The molecule has 146 valence electrons. The summed E-state index contributed by atoms with van der Waals surface area (Å²) >= 11 is 0. The summed E-state index contributed by atoms with van der Waals surface area (Å²) in [7, 11) is 1.60. The second-order valence-electron chi connectivity index (χ2n) is 6.66. The van der Waals surface area contributed by atoms with Crippen LogP contribution in [-0.2, 0) is 0 Å². The predicted octanol–water partition coefficient (Wildman–Crippen LogP) is 3.57. The average Bonchev–Trinajstić information content (AvgIpc) is 2.78. The first-order chi connectivity index (χ1) is 14.2. The van der Waals surface area contributed by atoms with Crippen molar-refractivity contribution < 1.29 is 19.1 Å². The lowest BCUT2D eigenvalue weighted by atomic mass is 10.0. The molecule has 0 bridgehead atoms. The van der Waals surface area contributed by atoms with Crippen molar-refractivity contribution in [2.24, 2.45) is 0 Å². The van der Waals surface area contributed by atoms with Crippen molar-refractivity contribution in [3.8, 4) is 11.5 Å². The molecule has 6 heteroatoms. The number of ketones is 1. The largest absolute Gasteiger partial charge is 0.492 e. The molecule has 1 N–H and O–H groups in total. The van der Waals surface area contributed by atoms with Crippen molar-refractivity contribution in [2.45, 2.75) is 12.5 Å². The molecule has 1 amide bonds. The van der Waals surface area contributed by atoms with Crippen LogP contribution in [0.2, 0.25) is 0 Å². The maximum atomic E-state index is 12.0. The summed E-state index contributed by atoms with van der Waals surface area (Å²) in [6.07, 6.45) is 3.40. The van der Waals surface area contributed by atoms with E-state index in [-0.39, 0.29) is 11.7 Å².